The first kappa shape index (κ1) is 20.3. The number of benzene rings is 1. The second kappa shape index (κ2) is 9.19. The third kappa shape index (κ3) is 4.70. The average molecular weight is 386 g/mol. The first-order valence-electron chi connectivity index (χ1n) is 9.92. The number of para-hydroxylation sites is 1. The van der Waals surface area contributed by atoms with E-state index in [4.69, 9.17) is 4.74 Å². The van der Waals surface area contributed by atoms with E-state index in [0.29, 0.717) is 18.8 Å². The Morgan fingerprint density at radius 2 is 1.93 bits per heavy atom. The second-order valence-electron chi connectivity index (χ2n) is 7.74. The van der Waals surface area contributed by atoms with Crippen molar-refractivity contribution in [1.82, 2.24) is 24.6 Å². The summed E-state index contributed by atoms with van der Waals surface area (Å²) in [7, 11) is 7.77. The summed E-state index contributed by atoms with van der Waals surface area (Å²) < 4.78 is 7.50. The lowest BCUT2D eigenvalue weighted by molar-refractivity contribution is -0.132. The van der Waals surface area contributed by atoms with Crippen molar-refractivity contribution in [3.05, 3.63) is 41.5 Å². The second-order valence-corrected chi connectivity index (χ2v) is 7.74. The van der Waals surface area contributed by atoms with Crippen molar-refractivity contribution < 1.29 is 9.53 Å². The van der Waals surface area contributed by atoms with Crippen molar-refractivity contribution in [3.8, 4) is 5.75 Å². The van der Waals surface area contributed by atoms with Crippen LogP contribution in [0.3, 0.4) is 0 Å². The van der Waals surface area contributed by atoms with Gasteiger partial charge in [-0.05, 0) is 45.0 Å². The lowest BCUT2D eigenvalue weighted by atomic mass is 9.95. The van der Waals surface area contributed by atoms with E-state index < -0.39 is 0 Å². The molecule has 1 saturated heterocycles. The number of aromatic nitrogens is 3. The molecule has 1 aromatic heterocycles. The topological polar surface area (TPSA) is 63.5 Å². The van der Waals surface area contributed by atoms with Crippen LogP contribution in [-0.2, 0) is 24.8 Å². The molecule has 0 spiro atoms. The van der Waals surface area contributed by atoms with Crippen molar-refractivity contribution in [1.29, 1.82) is 0 Å². The van der Waals surface area contributed by atoms with Gasteiger partial charge in [0.15, 0.2) is 0 Å². The van der Waals surface area contributed by atoms with Crippen LogP contribution in [0.5, 0.6) is 5.75 Å². The average Bonchev–Trinajstić information content (AvgIpc) is 3.06. The molecule has 7 nitrogen and oxygen atoms in total. The van der Waals surface area contributed by atoms with Crippen molar-refractivity contribution in [3.63, 3.8) is 0 Å². The number of aryl methyl sites for hydroxylation is 1. The van der Waals surface area contributed by atoms with Crippen LogP contribution in [-0.4, -0.2) is 64.8 Å². The maximum atomic E-state index is 12.7. The number of hydrogen-bond donors (Lipinski definition) is 0. The molecule has 7 heteroatoms. The summed E-state index contributed by atoms with van der Waals surface area (Å²) >= 11 is 0. The zero-order chi connectivity index (χ0) is 20.1. The highest BCUT2D eigenvalue weighted by molar-refractivity contribution is 5.76. The van der Waals surface area contributed by atoms with Gasteiger partial charge in [-0.25, -0.2) is 0 Å². The number of ether oxygens (including phenoxy) is 1. The first-order chi connectivity index (χ1) is 13.5. The smallest absolute Gasteiger partial charge is 0.222 e. The largest absolute Gasteiger partial charge is 0.496 e. The van der Waals surface area contributed by atoms with Crippen LogP contribution in [0.25, 0.3) is 0 Å². The Kier molecular flexibility index (Phi) is 6.67. The molecule has 0 unspecified atom stereocenters. The molecule has 0 aliphatic carbocycles. The van der Waals surface area contributed by atoms with Crippen molar-refractivity contribution >= 4 is 5.91 Å². The molecule has 0 N–H and O–H groups in total. The van der Waals surface area contributed by atoms with E-state index in [2.05, 4.69) is 19.7 Å². The standard InChI is InChI=1S/C21H31N5O2/c1-24(2)15-19-22-23-21(25(19)3)17-11-13-26(14-12-17)20(27)10-9-16-7-5-6-8-18(16)28-4/h5-8,17H,9-15H2,1-4H3. The van der Waals surface area contributed by atoms with Gasteiger partial charge in [-0.15, -0.1) is 10.2 Å². The first-order valence-corrected chi connectivity index (χ1v) is 9.92. The van der Waals surface area contributed by atoms with E-state index in [0.717, 1.165) is 55.4 Å². The van der Waals surface area contributed by atoms with Gasteiger partial charge in [0.1, 0.15) is 17.4 Å². The van der Waals surface area contributed by atoms with Crippen LogP contribution < -0.4 is 4.74 Å². The highest BCUT2D eigenvalue weighted by Gasteiger charge is 2.27. The molecule has 0 atom stereocenters. The Bertz CT molecular complexity index is 794. The molecule has 3 rings (SSSR count). The van der Waals surface area contributed by atoms with Crippen molar-refractivity contribution in [2.45, 2.75) is 38.1 Å². The maximum absolute atomic E-state index is 12.7. The van der Waals surface area contributed by atoms with E-state index in [1.165, 1.54) is 0 Å². The molecule has 2 heterocycles. The molecule has 0 radical (unpaired) electrons. The number of carbonyl (C=O) groups is 1. The molecule has 152 valence electrons. The number of hydrogen-bond acceptors (Lipinski definition) is 5. The molecule has 1 aliphatic heterocycles. The third-order valence-corrected chi connectivity index (χ3v) is 5.47. The Labute approximate surface area is 167 Å². The molecule has 0 bridgehead atoms. The molecular formula is C21H31N5O2. The normalized spacial score (nSPS) is 15.2. The highest BCUT2D eigenvalue weighted by atomic mass is 16.5. The minimum atomic E-state index is 0.218. The zero-order valence-corrected chi connectivity index (χ0v) is 17.4. The monoisotopic (exact) mass is 385 g/mol. The van der Waals surface area contributed by atoms with Crippen LogP contribution in [0.4, 0.5) is 0 Å². The van der Waals surface area contributed by atoms with Gasteiger partial charge in [0, 0.05) is 32.5 Å². The molecular weight excluding hydrogens is 354 g/mol. The Morgan fingerprint density at radius 3 is 2.61 bits per heavy atom. The Balaban J connectivity index is 1.52. The van der Waals surface area contributed by atoms with E-state index in [9.17, 15) is 4.79 Å². The zero-order valence-electron chi connectivity index (χ0n) is 17.4. The van der Waals surface area contributed by atoms with E-state index in [-0.39, 0.29) is 5.91 Å². The summed E-state index contributed by atoms with van der Waals surface area (Å²) in [4.78, 5) is 16.7. The number of nitrogens with zero attached hydrogens (tertiary/aromatic N) is 5. The van der Waals surface area contributed by atoms with Crippen LogP contribution in [0.15, 0.2) is 24.3 Å². The minimum absolute atomic E-state index is 0.218. The van der Waals surface area contributed by atoms with E-state index >= 15 is 0 Å². The van der Waals surface area contributed by atoms with Crippen LogP contribution in [0.1, 0.15) is 42.4 Å². The fraction of sp³-hybridized carbons (Fsp3) is 0.571. The lowest BCUT2D eigenvalue weighted by Gasteiger charge is -2.31. The van der Waals surface area contributed by atoms with Crippen LogP contribution >= 0.6 is 0 Å². The van der Waals surface area contributed by atoms with Gasteiger partial charge < -0.3 is 19.1 Å². The van der Waals surface area contributed by atoms with Gasteiger partial charge >= 0.3 is 0 Å². The summed E-state index contributed by atoms with van der Waals surface area (Å²) in [6, 6.07) is 7.90. The Morgan fingerprint density at radius 1 is 1.21 bits per heavy atom. The van der Waals surface area contributed by atoms with Gasteiger partial charge in [-0.1, -0.05) is 18.2 Å². The summed E-state index contributed by atoms with van der Waals surface area (Å²) in [6.07, 6.45) is 3.10. The third-order valence-electron chi connectivity index (χ3n) is 5.47. The fourth-order valence-electron chi connectivity index (χ4n) is 3.85. The van der Waals surface area contributed by atoms with Crippen LogP contribution in [0.2, 0.25) is 0 Å². The predicted octanol–water partition coefficient (Wildman–Crippen LogP) is 2.22. The highest BCUT2D eigenvalue weighted by Crippen LogP contribution is 2.27. The number of carbonyl (C=O) groups excluding carboxylic acids is 1. The predicted molar refractivity (Wildman–Crippen MR) is 108 cm³/mol. The number of likely N-dealkylation sites (tertiary alicyclic amines) is 1. The number of amides is 1. The number of methoxy groups -OCH3 is 1. The summed E-state index contributed by atoms with van der Waals surface area (Å²) in [5.74, 6) is 3.46. The van der Waals surface area contributed by atoms with Gasteiger partial charge in [0.05, 0.1) is 13.7 Å². The molecule has 1 fully saturated rings. The van der Waals surface area contributed by atoms with Crippen LogP contribution in [0, 0.1) is 0 Å². The van der Waals surface area contributed by atoms with Crippen molar-refractivity contribution in [2.24, 2.45) is 7.05 Å². The van der Waals surface area contributed by atoms with Gasteiger partial charge in [-0.3, -0.25) is 4.79 Å². The van der Waals surface area contributed by atoms with E-state index in [1.807, 2.05) is 50.3 Å². The number of piperidine rings is 1. The van der Waals surface area contributed by atoms with Gasteiger partial charge in [-0.2, -0.15) is 0 Å². The quantitative estimate of drug-likeness (QED) is 0.731. The molecule has 2 aromatic rings. The molecule has 28 heavy (non-hydrogen) atoms. The summed E-state index contributed by atoms with van der Waals surface area (Å²) in [5.41, 5.74) is 1.08. The molecule has 1 aromatic carbocycles. The number of rotatable bonds is 7. The maximum Gasteiger partial charge on any atom is 0.222 e. The molecule has 1 aliphatic rings. The van der Waals surface area contributed by atoms with Crippen molar-refractivity contribution in [2.75, 3.05) is 34.3 Å². The molecule has 1 amide bonds. The Hall–Kier alpha value is -2.41. The summed E-state index contributed by atoms with van der Waals surface area (Å²) in [5, 5.41) is 8.77. The molecule has 0 saturated carbocycles. The minimum Gasteiger partial charge on any atom is -0.496 e. The van der Waals surface area contributed by atoms with E-state index in [1.54, 1.807) is 7.11 Å². The SMILES string of the molecule is COc1ccccc1CCC(=O)N1CCC(c2nnc(CN(C)C)n2C)CC1. The summed E-state index contributed by atoms with van der Waals surface area (Å²) in [6.45, 7) is 2.35. The fourth-order valence-corrected chi connectivity index (χ4v) is 3.85. The van der Waals surface area contributed by atoms with Gasteiger partial charge in [0.2, 0.25) is 5.91 Å². The lowest BCUT2D eigenvalue weighted by Crippen LogP contribution is -2.38. The van der Waals surface area contributed by atoms with Gasteiger partial charge in [0.25, 0.3) is 0 Å².